The largest absolute Gasteiger partial charge is 0.462 e. The first kappa shape index (κ1) is 29.1. The summed E-state index contributed by atoms with van der Waals surface area (Å²) in [6.45, 7) is 13.2. The Kier molecular flexibility index (Phi) is 9.74. The maximum atomic E-state index is 13.4. The number of rotatable bonds is 13. The van der Waals surface area contributed by atoms with Crippen LogP contribution in [0.3, 0.4) is 0 Å². The van der Waals surface area contributed by atoms with Gasteiger partial charge in [0.1, 0.15) is 16.6 Å². The van der Waals surface area contributed by atoms with Crippen molar-refractivity contribution in [3.05, 3.63) is 42.0 Å². The Labute approximate surface area is 223 Å². The molecule has 0 radical (unpaired) electrons. The molecule has 1 heterocycles. The summed E-state index contributed by atoms with van der Waals surface area (Å²) in [5.41, 5.74) is 0.195. The fraction of sp³-hybridized carbons (Fsp3) is 0.645. The standard InChI is InChI=1S/C31H47N3O3/c1-7-10-12-13-14-17-21-37-28(35)24-22-27(34-32-25-18-15-16-19-26(25)33-34)31(36,9-3)30(23-24,20-11-8-2)29(4,5)6/h15-16,18-19,22-23,36H,7-14,17,20-21H2,1-6H3. The molecule has 2 aromatic rings. The number of hydrogen-bond acceptors (Lipinski definition) is 5. The number of carbonyl (C=O) groups excluding carboxylic acids is 1. The molecule has 1 N–H and O–H groups in total. The predicted molar refractivity (Wildman–Crippen MR) is 151 cm³/mol. The summed E-state index contributed by atoms with van der Waals surface area (Å²) in [6.07, 6.45) is 13.7. The van der Waals surface area contributed by atoms with Gasteiger partial charge in [0.05, 0.1) is 17.9 Å². The summed E-state index contributed by atoms with van der Waals surface area (Å²) in [5, 5.41) is 22.0. The fourth-order valence-electron chi connectivity index (χ4n) is 5.80. The van der Waals surface area contributed by atoms with Gasteiger partial charge in [0.25, 0.3) is 0 Å². The van der Waals surface area contributed by atoms with E-state index >= 15 is 0 Å². The summed E-state index contributed by atoms with van der Waals surface area (Å²) in [7, 11) is 0. The predicted octanol–water partition coefficient (Wildman–Crippen LogP) is 7.48. The molecule has 3 rings (SSSR count). The van der Waals surface area contributed by atoms with Crippen LogP contribution in [0.25, 0.3) is 16.7 Å². The van der Waals surface area contributed by atoms with Crippen molar-refractivity contribution in [1.82, 2.24) is 15.0 Å². The molecule has 0 bridgehead atoms. The fourth-order valence-corrected chi connectivity index (χ4v) is 5.80. The number of ether oxygens (including phenoxy) is 1. The summed E-state index contributed by atoms with van der Waals surface area (Å²) in [6, 6.07) is 7.67. The summed E-state index contributed by atoms with van der Waals surface area (Å²) >= 11 is 0. The number of carbonyl (C=O) groups is 1. The minimum atomic E-state index is -1.27. The van der Waals surface area contributed by atoms with Gasteiger partial charge >= 0.3 is 5.97 Å². The molecule has 1 aliphatic rings. The van der Waals surface area contributed by atoms with E-state index in [1.165, 1.54) is 30.5 Å². The first-order valence-corrected chi connectivity index (χ1v) is 14.3. The quantitative estimate of drug-likeness (QED) is 0.224. The average Bonchev–Trinajstić information content (AvgIpc) is 3.30. The number of aromatic nitrogens is 3. The molecule has 6 nitrogen and oxygen atoms in total. The van der Waals surface area contributed by atoms with E-state index in [0.29, 0.717) is 24.3 Å². The summed E-state index contributed by atoms with van der Waals surface area (Å²) < 4.78 is 5.76. The Morgan fingerprint density at radius 3 is 2.11 bits per heavy atom. The highest BCUT2D eigenvalue weighted by molar-refractivity contribution is 5.95. The molecule has 0 saturated heterocycles. The van der Waals surface area contributed by atoms with Crippen LogP contribution in [0.15, 0.2) is 42.0 Å². The van der Waals surface area contributed by atoms with Crippen LogP contribution in [-0.2, 0) is 9.53 Å². The lowest BCUT2D eigenvalue weighted by molar-refractivity contribution is -0.139. The smallest absolute Gasteiger partial charge is 0.337 e. The maximum absolute atomic E-state index is 13.4. The van der Waals surface area contributed by atoms with Gasteiger partial charge in [-0.1, -0.05) is 105 Å². The van der Waals surface area contributed by atoms with Crippen LogP contribution in [0, 0.1) is 10.8 Å². The molecule has 0 fully saturated rings. The minimum Gasteiger partial charge on any atom is -0.462 e. The molecular formula is C31H47N3O3. The van der Waals surface area contributed by atoms with Gasteiger partial charge in [0.15, 0.2) is 0 Å². The third kappa shape index (κ3) is 6.00. The monoisotopic (exact) mass is 509 g/mol. The minimum absolute atomic E-state index is 0.342. The van der Waals surface area contributed by atoms with Gasteiger partial charge in [-0.25, -0.2) is 4.79 Å². The van der Waals surface area contributed by atoms with Crippen LogP contribution in [0.1, 0.15) is 106 Å². The number of esters is 1. The Morgan fingerprint density at radius 1 is 0.946 bits per heavy atom. The number of nitrogens with zero attached hydrogens (tertiary/aromatic N) is 3. The molecule has 37 heavy (non-hydrogen) atoms. The van der Waals surface area contributed by atoms with Crippen LogP contribution in [-0.4, -0.2) is 38.3 Å². The van der Waals surface area contributed by atoms with E-state index in [1.54, 1.807) is 6.08 Å². The zero-order valence-corrected chi connectivity index (χ0v) is 23.8. The normalized spacial score (nSPS) is 22.1. The van der Waals surface area contributed by atoms with E-state index in [1.807, 2.05) is 37.3 Å². The van der Waals surface area contributed by atoms with Gasteiger partial charge in [-0.2, -0.15) is 4.80 Å². The molecule has 2 unspecified atom stereocenters. The lowest BCUT2D eigenvalue weighted by atomic mass is 9.51. The van der Waals surface area contributed by atoms with Crippen molar-refractivity contribution in [3.8, 4) is 0 Å². The lowest BCUT2D eigenvalue weighted by Gasteiger charge is -2.55. The SMILES string of the molecule is CCCCCCCCOC(=O)C1=CC(CCCC)(C(C)(C)C)C(O)(CC)C(n2nc3ccccc3n2)=C1. The van der Waals surface area contributed by atoms with Crippen LogP contribution < -0.4 is 0 Å². The molecule has 204 valence electrons. The van der Waals surface area contributed by atoms with Gasteiger partial charge in [0, 0.05) is 5.41 Å². The third-order valence-corrected chi connectivity index (χ3v) is 8.10. The Hall–Kier alpha value is -2.47. The Morgan fingerprint density at radius 2 is 1.54 bits per heavy atom. The van der Waals surface area contributed by atoms with Crippen molar-refractivity contribution in [2.24, 2.45) is 10.8 Å². The average molecular weight is 510 g/mol. The number of hydrogen-bond donors (Lipinski definition) is 1. The maximum Gasteiger partial charge on any atom is 0.337 e. The molecule has 1 aromatic carbocycles. The molecule has 1 aromatic heterocycles. The highest BCUT2D eigenvalue weighted by atomic mass is 16.5. The van der Waals surface area contributed by atoms with Crippen molar-refractivity contribution >= 4 is 22.7 Å². The zero-order chi connectivity index (χ0) is 27.1. The van der Waals surface area contributed by atoms with Crippen molar-refractivity contribution in [3.63, 3.8) is 0 Å². The molecule has 0 spiro atoms. The molecule has 0 aliphatic heterocycles. The van der Waals surface area contributed by atoms with Crippen LogP contribution in [0.5, 0.6) is 0 Å². The lowest BCUT2D eigenvalue weighted by Crippen LogP contribution is -2.57. The van der Waals surface area contributed by atoms with Gasteiger partial charge in [-0.05, 0) is 42.9 Å². The van der Waals surface area contributed by atoms with E-state index in [9.17, 15) is 9.90 Å². The van der Waals surface area contributed by atoms with E-state index < -0.39 is 11.0 Å². The molecular weight excluding hydrogens is 462 g/mol. The van der Waals surface area contributed by atoms with E-state index in [4.69, 9.17) is 14.9 Å². The highest BCUT2D eigenvalue weighted by Crippen LogP contribution is 2.59. The third-order valence-electron chi connectivity index (χ3n) is 8.10. The van der Waals surface area contributed by atoms with Crippen LogP contribution in [0.4, 0.5) is 0 Å². The topological polar surface area (TPSA) is 77.2 Å². The second-order valence-corrected chi connectivity index (χ2v) is 11.5. The first-order chi connectivity index (χ1) is 17.6. The zero-order valence-electron chi connectivity index (χ0n) is 23.8. The van der Waals surface area contributed by atoms with E-state index in [-0.39, 0.29) is 11.4 Å². The first-order valence-electron chi connectivity index (χ1n) is 14.3. The van der Waals surface area contributed by atoms with Crippen LogP contribution in [0.2, 0.25) is 0 Å². The Balaban J connectivity index is 2.02. The summed E-state index contributed by atoms with van der Waals surface area (Å²) in [5.74, 6) is -0.342. The Bertz CT molecular complexity index is 1080. The molecule has 0 amide bonds. The number of fused-ring (bicyclic) bond motifs is 1. The number of aliphatic hydroxyl groups is 1. The van der Waals surface area contributed by atoms with Crippen molar-refractivity contribution in [2.75, 3.05) is 6.61 Å². The van der Waals surface area contributed by atoms with Crippen molar-refractivity contribution in [2.45, 2.75) is 111 Å². The highest BCUT2D eigenvalue weighted by Gasteiger charge is 2.59. The van der Waals surface area contributed by atoms with E-state index in [0.717, 1.165) is 43.1 Å². The van der Waals surface area contributed by atoms with Gasteiger partial charge in [-0.3, -0.25) is 0 Å². The molecule has 0 saturated carbocycles. The van der Waals surface area contributed by atoms with Gasteiger partial charge in [0.2, 0.25) is 0 Å². The molecule has 6 heteroatoms. The molecule has 1 aliphatic carbocycles. The number of benzene rings is 1. The number of unbranched alkanes of at least 4 members (excludes halogenated alkanes) is 6. The molecule has 2 atom stereocenters. The van der Waals surface area contributed by atoms with Gasteiger partial charge in [-0.15, -0.1) is 10.2 Å². The second kappa shape index (κ2) is 12.4. The summed E-state index contributed by atoms with van der Waals surface area (Å²) in [4.78, 5) is 14.9. The second-order valence-electron chi connectivity index (χ2n) is 11.5. The van der Waals surface area contributed by atoms with E-state index in [2.05, 4.69) is 34.6 Å². The van der Waals surface area contributed by atoms with Crippen molar-refractivity contribution < 1.29 is 14.6 Å². The van der Waals surface area contributed by atoms with Crippen LogP contribution >= 0.6 is 0 Å². The van der Waals surface area contributed by atoms with Gasteiger partial charge < -0.3 is 9.84 Å². The van der Waals surface area contributed by atoms with Crippen molar-refractivity contribution in [1.29, 1.82) is 0 Å².